The third-order valence-electron chi connectivity index (χ3n) is 1.35. The lowest BCUT2D eigenvalue weighted by molar-refractivity contribution is -0.232. The molecule has 13 heavy (non-hydrogen) atoms. The maximum Gasteiger partial charge on any atom is 0.540 e. The van der Waals surface area contributed by atoms with Crippen LogP contribution in [0, 0.1) is 0 Å². The van der Waals surface area contributed by atoms with Crippen molar-refractivity contribution in [2.45, 2.75) is 6.61 Å². The van der Waals surface area contributed by atoms with Crippen LogP contribution >= 0.6 is 0 Å². The Morgan fingerprint density at radius 2 is 2.00 bits per heavy atom. The van der Waals surface area contributed by atoms with Crippen LogP contribution in [0.1, 0.15) is 5.56 Å². The average Bonchev–Trinajstić information content (AvgIpc) is 2.17. The van der Waals surface area contributed by atoms with E-state index in [9.17, 15) is 4.79 Å². The molecule has 0 saturated heterocycles. The number of rotatable bonds is 3. The molecule has 70 valence electrons. The van der Waals surface area contributed by atoms with Gasteiger partial charge < -0.3 is 4.74 Å². The molecule has 0 aliphatic carbocycles. The molecule has 0 bridgehead atoms. The molecular weight excluding hydrogens is 172 g/mol. The molecule has 0 unspecified atom stereocenters. The van der Waals surface area contributed by atoms with Crippen LogP contribution in [0.5, 0.6) is 0 Å². The van der Waals surface area contributed by atoms with Gasteiger partial charge in [-0.15, -0.1) is 0 Å². The van der Waals surface area contributed by atoms with Gasteiger partial charge in [-0.3, -0.25) is 4.89 Å². The summed E-state index contributed by atoms with van der Waals surface area (Å²) in [6.45, 7) is 0.184. The molecule has 4 heteroatoms. The fourth-order valence-electron chi connectivity index (χ4n) is 0.809. The molecule has 0 spiro atoms. The van der Waals surface area contributed by atoms with Gasteiger partial charge in [0.05, 0.1) is 7.11 Å². The van der Waals surface area contributed by atoms with Crippen molar-refractivity contribution in [1.29, 1.82) is 0 Å². The highest BCUT2D eigenvalue weighted by Crippen LogP contribution is 2.01. The van der Waals surface area contributed by atoms with Gasteiger partial charge in [0.15, 0.2) is 0 Å². The van der Waals surface area contributed by atoms with E-state index in [1.807, 2.05) is 30.3 Å². The van der Waals surface area contributed by atoms with Crippen LogP contribution in [0.4, 0.5) is 4.79 Å². The van der Waals surface area contributed by atoms with E-state index in [0.717, 1.165) is 5.56 Å². The van der Waals surface area contributed by atoms with E-state index in [1.54, 1.807) is 0 Å². The molecule has 0 N–H and O–H groups in total. The fourth-order valence-corrected chi connectivity index (χ4v) is 0.809. The second-order valence-corrected chi connectivity index (χ2v) is 2.27. The van der Waals surface area contributed by atoms with E-state index in [2.05, 4.69) is 14.5 Å². The van der Waals surface area contributed by atoms with Crippen molar-refractivity contribution in [2.75, 3.05) is 7.11 Å². The molecule has 0 radical (unpaired) electrons. The summed E-state index contributed by atoms with van der Waals surface area (Å²) in [7, 11) is 1.24. The van der Waals surface area contributed by atoms with Crippen LogP contribution < -0.4 is 0 Å². The zero-order valence-corrected chi connectivity index (χ0v) is 7.23. The first kappa shape index (κ1) is 9.54. The van der Waals surface area contributed by atoms with Crippen molar-refractivity contribution in [3.8, 4) is 0 Å². The Balaban J connectivity index is 2.31. The third kappa shape index (κ3) is 3.57. The quantitative estimate of drug-likeness (QED) is 0.407. The van der Waals surface area contributed by atoms with Gasteiger partial charge in [-0.2, -0.15) is 4.89 Å². The Bertz CT molecular complexity index is 258. The first-order valence-electron chi connectivity index (χ1n) is 3.74. The van der Waals surface area contributed by atoms with E-state index < -0.39 is 6.16 Å². The van der Waals surface area contributed by atoms with Gasteiger partial charge >= 0.3 is 6.16 Å². The Labute approximate surface area is 76.0 Å². The zero-order chi connectivity index (χ0) is 9.52. The minimum Gasteiger partial charge on any atom is -0.427 e. The first-order valence-corrected chi connectivity index (χ1v) is 3.74. The molecular formula is C9H10O4. The van der Waals surface area contributed by atoms with E-state index in [4.69, 9.17) is 0 Å². The van der Waals surface area contributed by atoms with Gasteiger partial charge in [0.1, 0.15) is 6.61 Å². The van der Waals surface area contributed by atoms with Crippen molar-refractivity contribution in [3.63, 3.8) is 0 Å². The normalized spacial score (nSPS) is 9.31. The topological polar surface area (TPSA) is 44.8 Å². The summed E-state index contributed by atoms with van der Waals surface area (Å²) >= 11 is 0. The smallest absolute Gasteiger partial charge is 0.427 e. The zero-order valence-electron chi connectivity index (χ0n) is 7.23. The third-order valence-corrected chi connectivity index (χ3v) is 1.35. The van der Waals surface area contributed by atoms with Gasteiger partial charge in [0, 0.05) is 0 Å². The maximum absolute atomic E-state index is 10.6. The summed E-state index contributed by atoms with van der Waals surface area (Å²) in [6.07, 6.45) is -0.841. The van der Waals surface area contributed by atoms with E-state index in [-0.39, 0.29) is 6.61 Å². The van der Waals surface area contributed by atoms with Crippen LogP contribution in [0.3, 0.4) is 0 Å². The predicted molar refractivity (Wildman–Crippen MR) is 44.7 cm³/mol. The average molecular weight is 182 g/mol. The van der Waals surface area contributed by atoms with Gasteiger partial charge in [-0.25, -0.2) is 4.79 Å². The molecule has 1 rings (SSSR count). The lowest BCUT2D eigenvalue weighted by Crippen LogP contribution is -2.06. The van der Waals surface area contributed by atoms with E-state index in [0.29, 0.717) is 0 Å². The van der Waals surface area contributed by atoms with Crippen LogP contribution in [0.15, 0.2) is 30.3 Å². The lowest BCUT2D eigenvalue weighted by atomic mass is 10.2. The Morgan fingerprint density at radius 1 is 1.31 bits per heavy atom. The standard InChI is InChI=1S/C9H10O4/c1-11-13-9(10)12-7-8-5-3-2-4-6-8/h2-6H,7H2,1H3. The lowest BCUT2D eigenvalue weighted by Gasteiger charge is -2.02. The highest BCUT2D eigenvalue weighted by Gasteiger charge is 2.03. The van der Waals surface area contributed by atoms with E-state index in [1.165, 1.54) is 7.11 Å². The van der Waals surface area contributed by atoms with Gasteiger partial charge in [0.25, 0.3) is 0 Å². The largest absolute Gasteiger partial charge is 0.540 e. The number of benzene rings is 1. The van der Waals surface area contributed by atoms with Crippen molar-refractivity contribution in [1.82, 2.24) is 0 Å². The first-order chi connectivity index (χ1) is 6.33. The molecule has 0 aliphatic rings. The van der Waals surface area contributed by atoms with Gasteiger partial charge in [-0.05, 0) is 5.56 Å². The second-order valence-electron chi connectivity index (χ2n) is 2.27. The summed E-state index contributed by atoms with van der Waals surface area (Å²) in [4.78, 5) is 18.9. The summed E-state index contributed by atoms with van der Waals surface area (Å²) in [5.41, 5.74) is 0.899. The van der Waals surface area contributed by atoms with Gasteiger partial charge in [-0.1, -0.05) is 30.3 Å². The molecule has 0 atom stereocenters. The van der Waals surface area contributed by atoms with Gasteiger partial charge in [0.2, 0.25) is 0 Å². The minimum atomic E-state index is -0.841. The van der Waals surface area contributed by atoms with Crippen molar-refractivity contribution in [2.24, 2.45) is 0 Å². The molecule has 0 saturated carbocycles. The molecule has 0 aromatic heterocycles. The highest BCUT2D eigenvalue weighted by molar-refractivity contribution is 5.58. The summed E-state index contributed by atoms with van der Waals surface area (Å²) < 4.78 is 4.68. The Hall–Kier alpha value is -1.55. The van der Waals surface area contributed by atoms with Crippen molar-refractivity contribution < 1.29 is 19.3 Å². The van der Waals surface area contributed by atoms with Crippen molar-refractivity contribution >= 4 is 6.16 Å². The van der Waals surface area contributed by atoms with Crippen molar-refractivity contribution in [3.05, 3.63) is 35.9 Å². The summed E-state index contributed by atoms with van der Waals surface area (Å²) in [5.74, 6) is 0. The van der Waals surface area contributed by atoms with Crippen LogP contribution in [0.2, 0.25) is 0 Å². The molecule has 0 heterocycles. The molecule has 4 nitrogen and oxygen atoms in total. The Morgan fingerprint density at radius 3 is 2.62 bits per heavy atom. The highest BCUT2D eigenvalue weighted by atomic mass is 17.2. The number of hydrogen-bond donors (Lipinski definition) is 0. The monoisotopic (exact) mass is 182 g/mol. The van der Waals surface area contributed by atoms with Crippen LogP contribution in [-0.4, -0.2) is 13.3 Å². The maximum atomic E-state index is 10.6. The SMILES string of the molecule is COOC(=O)OCc1ccccc1. The Kier molecular flexibility index (Phi) is 3.78. The second kappa shape index (κ2) is 5.16. The number of carbonyl (C=O) groups is 1. The predicted octanol–water partition coefficient (Wildman–Crippen LogP) is 1.90. The van der Waals surface area contributed by atoms with Crippen LogP contribution in [0.25, 0.3) is 0 Å². The number of hydrogen-bond acceptors (Lipinski definition) is 4. The van der Waals surface area contributed by atoms with E-state index >= 15 is 0 Å². The fraction of sp³-hybridized carbons (Fsp3) is 0.222. The minimum absolute atomic E-state index is 0.184. The molecule has 1 aromatic rings. The molecule has 0 amide bonds. The molecule has 1 aromatic carbocycles. The number of ether oxygens (including phenoxy) is 1. The van der Waals surface area contributed by atoms with Crippen LogP contribution in [-0.2, 0) is 21.1 Å². The summed E-state index contributed by atoms with van der Waals surface area (Å²) in [6, 6.07) is 9.30. The summed E-state index contributed by atoms with van der Waals surface area (Å²) in [5, 5.41) is 0. The number of carbonyl (C=O) groups excluding carboxylic acids is 1. The molecule has 0 fully saturated rings. The molecule has 0 aliphatic heterocycles.